The van der Waals surface area contributed by atoms with Gasteiger partial charge in [0.1, 0.15) is 0 Å². The molecular formula is C10H9NO. The molecule has 12 heavy (non-hydrogen) atoms. The molecule has 60 valence electrons. The first-order valence-corrected chi connectivity index (χ1v) is 3.90. The molecule has 0 bridgehead atoms. The van der Waals surface area contributed by atoms with Crippen molar-refractivity contribution in [2.24, 2.45) is 0 Å². The van der Waals surface area contributed by atoms with Gasteiger partial charge in [0.2, 0.25) is 0 Å². The van der Waals surface area contributed by atoms with Gasteiger partial charge in [-0.15, -0.1) is 0 Å². The largest absolute Gasteiger partial charge is 0.380 e. The highest BCUT2D eigenvalue weighted by Gasteiger charge is 2.06. The lowest BCUT2D eigenvalue weighted by Crippen LogP contribution is -2.06. The van der Waals surface area contributed by atoms with Gasteiger partial charge in [-0.2, -0.15) is 0 Å². The maximum atomic E-state index is 10.6. The molecule has 0 atom stereocenters. The van der Waals surface area contributed by atoms with Crippen molar-refractivity contribution in [3.63, 3.8) is 0 Å². The van der Waals surface area contributed by atoms with Gasteiger partial charge in [-0.1, -0.05) is 24.3 Å². The second-order valence-corrected chi connectivity index (χ2v) is 2.71. The molecule has 2 heteroatoms. The zero-order valence-corrected chi connectivity index (χ0v) is 6.58. The number of para-hydroxylation sites is 1. The molecule has 0 aromatic heterocycles. The van der Waals surface area contributed by atoms with Crippen molar-refractivity contribution in [2.75, 3.05) is 11.9 Å². The van der Waals surface area contributed by atoms with Gasteiger partial charge in [0, 0.05) is 12.1 Å². The topological polar surface area (TPSA) is 29.1 Å². The number of hydrogen-bond acceptors (Lipinski definition) is 2. The summed E-state index contributed by atoms with van der Waals surface area (Å²) in [7, 11) is 0. The first-order chi connectivity index (χ1) is 5.92. The van der Waals surface area contributed by atoms with Crippen LogP contribution in [0.4, 0.5) is 5.69 Å². The molecule has 2 rings (SSSR count). The molecule has 1 aromatic carbocycles. The zero-order chi connectivity index (χ0) is 8.39. The van der Waals surface area contributed by atoms with Gasteiger partial charge < -0.3 is 5.32 Å². The summed E-state index contributed by atoms with van der Waals surface area (Å²) in [5.74, 6) is 0. The van der Waals surface area contributed by atoms with Crippen LogP contribution in [0.15, 0.2) is 24.3 Å². The maximum Gasteiger partial charge on any atom is 0.152 e. The minimum atomic E-state index is 0.733. The van der Waals surface area contributed by atoms with E-state index in [9.17, 15) is 4.79 Å². The van der Waals surface area contributed by atoms with E-state index in [4.69, 9.17) is 0 Å². The number of fused-ring (bicyclic) bond motifs is 1. The van der Waals surface area contributed by atoms with Crippen LogP contribution in [0.2, 0.25) is 0 Å². The maximum absolute atomic E-state index is 10.6. The summed E-state index contributed by atoms with van der Waals surface area (Å²) in [4.78, 5) is 10.6. The SMILES string of the molecule is O=Cc1cccc2c1NCC=C2. The van der Waals surface area contributed by atoms with Crippen LogP contribution in [0.3, 0.4) is 0 Å². The Morgan fingerprint density at radius 3 is 3.17 bits per heavy atom. The first-order valence-electron chi connectivity index (χ1n) is 3.90. The highest BCUT2D eigenvalue weighted by molar-refractivity contribution is 5.89. The molecule has 1 heterocycles. The van der Waals surface area contributed by atoms with E-state index in [1.807, 2.05) is 30.4 Å². The van der Waals surface area contributed by atoms with E-state index >= 15 is 0 Å². The van der Waals surface area contributed by atoms with Gasteiger partial charge in [0.15, 0.2) is 6.29 Å². The van der Waals surface area contributed by atoms with Gasteiger partial charge >= 0.3 is 0 Å². The Bertz CT molecular complexity index is 342. The molecule has 0 unspecified atom stereocenters. The molecule has 1 aromatic rings. The fourth-order valence-corrected chi connectivity index (χ4v) is 1.38. The van der Waals surface area contributed by atoms with Crippen LogP contribution in [-0.4, -0.2) is 12.8 Å². The van der Waals surface area contributed by atoms with Crippen LogP contribution in [0.25, 0.3) is 6.08 Å². The van der Waals surface area contributed by atoms with Gasteiger partial charge in [-0.25, -0.2) is 0 Å². The molecule has 0 saturated heterocycles. The van der Waals surface area contributed by atoms with Crippen LogP contribution >= 0.6 is 0 Å². The van der Waals surface area contributed by atoms with E-state index in [2.05, 4.69) is 5.32 Å². The second-order valence-electron chi connectivity index (χ2n) is 2.71. The van der Waals surface area contributed by atoms with Crippen molar-refractivity contribution in [2.45, 2.75) is 0 Å². The van der Waals surface area contributed by atoms with Gasteiger partial charge in [-0.05, 0) is 11.6 Å². The van der Waals surface area contributed by atoms with Crippen molar-refractivity contribution in [3.8, 4) is 0 Å². The van der Waals surface area contributed by atoms with Crippen molar-refractivity contribution in [3.05, 3.63) is 35.4 Å². The molecule has 1 aliphatic heterocycles. The third-order valence-corrected chi connectivity index (χ3v) is 1.95. The lowest BCUT2D eigenvalue weighted by atomic mass is 10.1. The fourth-order valence-electron chi connectivity index (χ4n) is 1.38. The van der Waals surface area contributed by atoms with Crippen molar-refractivity contribution in [1.29, 1.82) is 0 Å². The third kappa shape index (κ3) is 1.01. The smallest absolute Gasteiger partial charge is 0.152 e. The van der Waals surface area contributed by atoms with E-state index in [1.54, 1.807) is 0 Å². The zero-order valence-electron chi connectivity index (χ0n) is 6.58. The van der Waals surface area contributed by atoms with Crippen LogP contribution < -0.4 is 5.32 Å². The number of nitrogens with one attached hydrogen (secondary N) is 1. The standard InChI is InChI=1S/C10H9NO/c12-7-9-4-1-3-8-5-2-6-11-10(8)9/h1-5,7,11H,6H2. The van der Waals surface area contributed by atoms with Crippen molar-refractivity contribution >= 4 is 18.0 Å². The molecule has 0 amide bonds. The van der Waals surface area contributed by atoms with Crippen molar-refractivity contribution in [1.82, 2.24) is 0 Å². The summed E-state index contributed by atoms with van der Waals surface area (Å²) >= 11 is 0. The van der Waals surface area contributed by atoms with E-state index in [0.717, 1.165) is 29.6 Å². The third-order valence-electron chi connectivity index (χ3n) is 1.95. The first kappa shape index (κ1) is 7.10. The predicted molar refractivity (Wildman–Crippen MR) is 49.4 cm³/mol. The van der Waals surface area contributed by atoms with Crippen LogP contribution in [-0.2, 0) is 0 Å². The molecule has 0 radical (unpaired) electrons. The van der Waals surface area contributed by atoms with Crippen molar-refractivity contribution < 1.29 is 4.79 Å². The Hall–Kier alpha value is -1.57. The number of aldehydes is 1. The number of hydrogen-bond donors (Lipinski definition) is 1. The highest BCUT2D eigenvalue weighted by Crippen LogP contribution is 2.23. The minimum absolute atomic E-state index is 0.733. The summed E-state index contributed by atoms with van der Waals surface area (Å²) in [6.45, 7) is 0.803. The number of anilines is 1. The number of rotatable bonds is 1. The molecule has 0 aliphatic carbocycles. The number of carbonyl (C=O) groups excluding carboxylic acids is 1. The monoisotopic (exact) mass is 159 g/mol. The van der Waals surface area contributed by atoms with Gasteiger partial charge in [0.25, 0.3) is 0 Å². The molecule has 0 saturated carbocycles. The second kappa shape index (κ2) is 2.81. The Kier molecular flexibility index (Phi) is 1.67. The normalized spacial score (nSPS) is 13.3. The molecule has 1 N–H and O–H groups in total. The summed E-state index contributed by atoms with van der Waals surface area (Å²) in [5.41, 5.74) is 2.78. The molecule has 2 nitrogen and oxygen atoms in total. The highest BCUT2D eigenvalue weighted by atomic mass is 16.1. The Morgan fingerprint density at radius 1 is 1.42 bits per heavy atom. The van der Waals surface area contributed by atoms with Crippen LogP contribution in [0, 0.1) is 0 Å². The Morgan fingerprint density at radius 2 is 2.33 bits per heavy atom. The van der Waals surface area contributed by atoms with E-state index < -0.39 is 0 Å². The van der Waals surface area contributed by atoms with Crippen LogP contribution in [0.1, 0.15) is 15.9 Å². The molecule has 0 spiro atoms. The lowest BCUT2D eigenvalue weighted by molar-refractivity contribution is 0.112. The number of carbonyl (C=O) groups is 1. The molecule has 1 aliphatic rings. The summed E-state index contributed by atoms with van der Waals surface area (Å²) < 4.78 is 0. The van der Waals surface area contributed by atoms with E-state index in [0.29, 0.717) is 0 Å². The Labute approximate surface area is 70.9 Å². The number of benzene rings is 1. The average Bonchev–Trinajstić information content (AvgIpc) is 2.17. The van der Waals surface area contributed by atoms with Gasteiger partial charge in [-0.3, -0.25) is 4.79 Å². The predicted octanol–water partition coefficient (Wildman–Crippen LogP) is 1.94. The van der Waals surface area contributed by atoms with E-state index in [1.165, 1.54) is 0 Å². The average molecular weight is 159 g/mol. The van der Waals surface area contributed by atoms with Crippen LogP contribution in [0.5, 0.6) is 0 Å². The fraction of sp³-hybridized carbons (Fsp3) is 0.100. The summed E-state index contributed by atoms with van der Waals surface area (Å²) in [6, 6.07) is 5.70. The molecular weight excluding hydrogens is 150 g/mol. The quantitative estimate of drug-likeness (QED) is 0.634. The minimum Gasteiger partial charge on any atom is -0.380 e. The molecule has 0 fully saturated rings. The lowest BCUT2D eigenvalue weighted by Gasteiger charge is -2.14. The summed E-state index contributed by atoms with van der Waals surface area (Å²) in [5, 5.41) is 3.16. The Balaban J connectivity index is 2.60. The van der Waals surface area contributed by atoms with E-state index in [-0.39, 0.29) is 0 Å². The van der Waals surface area contributed by atoms with Gasteiger partial charge in [0.05, 0.1) is 5.69 Å². The summed E-state index contributed by atoms with van der Waals surface area (Å²) in [6.07, 6.45) is 4.95.